The van der Waals surface area contributed by atoms with E-state index < -0.39 is 23.7 Å². The maximum Gasteiger partial charge on any atom is 0.416 e. The van der Waals surface area contributed by atoms with Crippen LogP contribution in [0.2, 0.25) is 0 Å². The Balaban J connectivity index is 1.41. The average Bonchev–Trinajstić information content (AvgIpc) is 3.39. The van der Waals surface area contributed by atoms with Gasteiger partial charge in [0.05, 0.1) is 17.6 Å². The molecule has 0 bridgehead atoms. The number of carbonyl (C=O) groups is 1. The van der Waals surface area contributed by atoms with Crippen LogP contribution < -0.4 is 0 Å². The number of urea groups is 1. The maximum absolute atomic E-state index is 13.7. The summed E-state index contributed by atoms with van der Waals surface area (Å²) in [6.07, 6.45) is -3.40. The Labute approximate surface area is 210 Å². The molecular formula is C26H26F4N4O3. The lowest BCUT2D eigenvalue weighted by molar-refractivity contribution is -0.137. The number of alkyl halides is 3. The van der Waals surface area contributed by atoms with Crippen molar-refractivity contribution in [2.45, 2.75) is 43.4 Å². The number of halogens is 4. The molecule has 1 aromatic heterocycles. The summed E-state index contributed by atoms with van der Waals surface area (Å²) in [5.41, 5.74) is 0.388. The van der Waals surface area contributed by atoms with Crippen LogP contribution in [0.15, 0.2) is 53.1 Å². The number of aromatic nitrogens is 2. The summed E-state index contributed by atoms with van der Waals surface area (Å²) in [6.45, 7) is 1.47. The van der Waals surface area contributed by atoms with Gasteiger partial charge in [-0.2, -0.15) is 18.2 Å². The summed E-state index contributed by atoms with van der Waals surface area (Å²) >= 11 is 0. The number of hydrogen-bond donors (Lipinski definition) is 1. The third-order valence-electron chi connectivity index (χ3n) is 7.04. The van der Waals surface area contributed by atoms with E-state index >= 15 is 0 Å². The van der Waals surface area contributed by atoms with Crippen molar-refractivity contribution >= 4 is 6.03 Å². The number of likely N-dealkylation sites (tertiary alicyclic amines) is 2. The van der Waals surface area contributed by atoms with E-state index in [0.717, 1.165) is 12.1 Å². The minimum atomic E-state index is -4.44. The summed E-state index contributed by atoms with van der Waals surface area (Å²) < 4.78 is 58.5. The van der Waals surface area contributed by atoms with Gasteiger partial charge in [0.25, 0.3) is 0 Å². The maximum atomic E-state index is 13.7. The smallest absolute Gasteiger partial charge is 0.393 e. The van der Waals surface area contributed by atoms with Gasteiger partial charge in [-0.05, 0) is 49.1 Å². The number of piperidine rings is 2. The Hall–Kier alpha value is -3.47. The normalized spacial score (nSPS) is 21.3. The molecule has 0 spiro atoms. The van der Waals surface area contributed by atoms with Crippen LogP contribution in [0.25, 0.3) is 11.4 Å². The Bertz CT molecular complexity index is 1240. The SMILES string of the molecule is O=C(N1CCC(O)CC1)N1CC(c2ccc(C(F)(F)F)cc2)CC(c2nc(-c3cccc(F)c3)no2)C1. The fraction of sp³-hybridized carbons (Fsp3) is 0.423. The molecule has 7 nitrogen and oxygen atoms in total. The molecule has 1 N–H and O–H groups in total. The number of aliphatic hydroxyl groups is 1. The third-order valence-corrected chi connectivity index (χ3v) is 7.04. The van der Waals surface area contributed by atoms with E-state index in [1.165, 1.54) is 30.3 Å². The molecule has 3 heterocycles. The summed E-state index contributed by atoms with van der Waals surface area (Å²) in [5.74, 6) is -0.566. The van der Waals surface area contributed by atoms with Crippen LogP contribution in [0, 0.1) is 5.82 Å². The van der Waals surface area contributed by atoms with Crippen LogP contribution >= 0.6 is 0 Å². The van der Waals surface area contributed by atoms with Crippen LogP contribution in [0.3, 0.4) is 0 Å². The molecule has 37 heavy (non-hydrogen) atoms. The van der Waals surface area contributed by atoms with E-state index in [2.05, 4.69) is 10.1 Å². The van der Waals surface area contributed by atoms with Crippen molar-refractivity contribution in [1.82, 2.24) is 19.9 Å². The van der Waals surface area contributed by atoms with Crippen LogP contribution in [0.5, 0.6) is 0 Å². The number of carbonyl (C=O) groups excluding carboxylic acids is 1. The highest BCUT2D eigenvalue weighted by atomic mass is 19.4. The molecule has 2 aliphatic heterocycles. The molecule has 5 rings (SSSR count). The fourth-order valence-electron chi connectivity index (χ4n) is 5.02. The van der Waals surface area contributed by atoms with Gasteiger partial charge in [-0.1, -0.05) is 29.4 Å². The van der Waals surface area contributed by atoms with Gasteiger partial charge < -0.3 is 19.4 Å². The molecule has 2 aliphatic rings. The largest absolute Gasteiger partial charge is 0.416 e. The van der Waals surface area contributed by atoms with Crippen LogP contribution in [-0.4, -0.2) is 63.4 Å². The minimum Gasteiger partial charge on any atom is -0.393 e. The highest BCUT2D eigenvalue weighted by Crippen LogP contribution is 2.38. The first-order valence-electron chi connectivity index (χ1n) is 12.2. The third kappa shape index (κ3) is 5.61. The number of aliphatic hydroxyl groups excluding tert-OH is 1. The molecule has 196 valence electrons. The van der Waals surface area contributed by atoms with Crippen LogP contribution in [-0.2, 0) is 6.18 Å². The molecule has 0 aliphatic carbocycles. The predicted octanol–water partition coefficient (Wildman–Crippen LogP) is 5.04. The van der Waals surface area contributed by atoms with Gasteiger partial charge in [-0.25, -0.2) is 9.18 Å². The molecular weight excluding hydrogens is 492 g/mol. The number of amides is 2. The van der Waals surface area contributed by atoms with Gasteiger partial charge in [-0.15, -0.1) is 0 Å². The molecule has 2 fully saturated rings. The molecule has 11 heteroatoms. The van der Waals surface area contributed by atoms with Crippen LogP contribution in [0.4, 0.5) is 22.4 Å². The Morgan fingerprint density at radius 1 is 1.00 bits per heavy atom. The monoisotopic (exact) mass is 518 g/mol. The van der Waals surface area contributed by atoms with E-state index in [1.54, 1.807) is 15.9 Å². The second-order valence-electron chi connectivity index (χ2n) is 9.62. The van der Waals surface area contributed by atoms with E-state index in [0.29, 0.717) is 56.6 Å². The highest BCUT2D eigenvalue weighted by molar-refractivity contribution is 5.75. The number of rotatable bonds is 3. The quantitative estimate of drug-likeness (QED) is 0.491. The van der Waals surface area contributed by atoms with Gasteiger partial charge >= 0.3 is 12.2 Å². The van der Waals surface area contributed by atoms with E-state index in [4.69, 9.17) is 4.52 Å². The lowest BCUT2D eigenvalue weighted by atomic mass is 9.84. The first kappa shape index (κ1) is 25.2. The zero-order valence-corrected chi connectivity index (χ0v) is 19.9. The average molecular weight is 519 g/mol. The minimum absolute atomic E-state index is 0.196. The van der Waals surface area contributed by atoms with Crippen molar-refractivity contribution in [3.05, 3.63) is 71.4 Å². The van der Waals surface area contributed by atoms with Crippen molar-refractivity contribution < 1.29 is 32.0 Å². The van der Waals surface area contributed by atoms with Gasteiger partial charge in [-0.3, -0.25) is 0 Å². The second kappa shape index (κ2) is 10.1. The zero-order chi connectivity index (χ0) is 26.2. The molecule has 2 unspecified atom stereocenters. The summed E-state index contributed by atoms with van der Waals surface area (Å²) in [6, 6.07) is 10.6. The standard InChI is InChI=1S/C26H26F4N4O3/c27-21-3-1-2-17(13-21)23-31-24(37-32-23)19-12-18(16-4-6-20(7-5-16)26(28,29)30)14-34(15-19)25(36)33-10-8-22(35)9-11-33/h1-7,13,18-19,22,35H,8-12,14-15H2. The molecule has 2 atom stereocenters. The van der Waals surface area contributed by atoms with Crippen molar-refractivity contribution in [3.63, 3.8) is 0 Å². The van der Waals surface area contributed by atoms with E-state index in [9.17, 15) is 27.5 Å². The summed E-state index contributed by atoms with van der Waals surface area (Å²) in [4.78, 5) is 21.2. The lowest BCUT2D eigenvalue weighted by Gasteiger charge is -2.40. The number of nitrogens with zero attached hydrogens (tertiary/aromatic N) is 4. The van der Waals surface area contributed by atoms with E-state index in [-0.39, 0.29) is 29.6 Å². The van der Waals surface area contributed by atoms with E-state index in [1.807, 2.05) is 0 Å². The molecule has 2 amide bonds. The predicted molar refractivity (Wildman–Crippen MR) is 125 cm³/mol. The second-order valence-corrected chi connectivity index (χ2v) is 9.62. The van der Waals surface area contributed by atoms with Gasteiger partial charge in [0.1, 0.15) is 5.82 Å². The van der Waals surface area contributed by atoms with Crippen molar-refractivity contribution in [2.75, 3.05) is 26.2 Å². The molecule has 0 saturated carbocycles. The molecule has 0 radical (unpaired) electrons. The first-order chi connectivity index (χ1) is 17.7. The lowest BCUT2D eigenvalue weighted by Crippen LogP contribution is -2.51. The number of benzene rings is 2. The Kier molecular flexibility index (Phi) is 6.89. The topological polar surface area (TPSA) is 82.7 Å². The van der Waals surface area contributed by atoms with Crippen LogP contribution in [0.1, 0.15) is 48.1 Å². The summed E-state index contributed by atoms with van der Waals surface area (Å²) in [5, 5.41) is 13.8. The number of hydrogen-bond acceptors (Lipinski definition) is 5. The van der Waals surface area contributed by atoms with Crippen molar-refractivity contribution in [3.8, 4) is 11.4 Å². The molecule has 2 saturated heterocycles. The Morgan fingerprint density at radius 3 is 2.38 bits per heavy atom. The van der Waals surface area contributed by atoms with Gasteiger partial charge in [0.2, 0.25) is 11.7 Å². The zero-order valence-electron chi connectivity index (χ0n) is 19.9. The molecule has 3 aromatic rings. The van der Waals surface area contributed by atoms with Crippen molar-refractivity contribution in [1.29, 1.82) is 0 Å². The summed E-state index contributed by atoms with van der Waals surface area (Å²) in [7, 11) is 0. The van der Waals surface area contributed by atoms with Gasteiger partial charge in [0.15, 0.2) is 0 Å². The van der Waals surface area contributed by atoms with Gasteiger partial charge in [0, 0.05) is 37.7 Å². The molecule has 2 aromatic carbocycles. The first-order valence-corrected chi connectivity index (χ1v) is 12.2. The fourth-order valence-corrected chi connectivity index (χ4v) is 5.02. The van der Waals surface area contributed by atoms with Crippen molar-refractivity contribution in [2.24, 2.45) is 0 Å². The Morgan fingerprint density at radius 2 is 1.70 bits per heavy atom. The highest BCUT2D eigenvalue weighted by Gasteiger charge is 2.37.